The molecule has 1 aromatic rings. The Balaban J connectivity index is 0.00000176. The Morgan fingerprint density at radius 1 is 1.36 bits per heavy atom. The van der Waals surface area contributed by atoms with E-state index in [-0.39, 0.29) is 12.4 Å². The van der Waals surface area contributed by atoms with Gasteiger partial charge < -0.3 is 5.32 Å². The van der Waals surface area contributed by atoms with Crippen molar-refractivity contribution in [3.63, 3.8) is 0 Å². The van der Waals surface area contributed by atoms with Gasteiger partial charge in [0.1, 0.15) is 0 Å². The molecule has 2 saturated heterocycles. The topological polar surface area (TPSA) is 73.2 Å². The zero-order valence-corrected chi connectivity index (χ0v) is 14.1. The first-order valence-corrected chi connectivity index (χ1v) is 8.70. The van der Waals surface area contributed by atoms with Crippen LogP contribution in [0.25, 0.3) is 0 Å². The highest BCUT2D eigenvalue weighted by molar-refractivity contribution is 7.89. The number of nitrogens with zero attached hydrogens (tertiary/aromatic N) is 2. The molecule has 0 aliphatic carbocycles. The Morgan fingerprint density at radius 2 is 2.14 bits per heavy atom. The maximum atomic E-state index is 12.8. The van der Waals surface area contributed by atoms with Crippen LogP contribution in [0.4, 0.5) is 0 Å². The van der Waals surface area contributed by atoms with E-state index in [1.807, 2.05) is 6.07 Å². The van der Waals surface area contributed by atoms with Crippen LogP contribution >= 0.6 is 12.4 Å². The first-order valence-electron chi connectivity index (χ1n) is 7.26. The Labute approximate surface area is 137 Å². The summed E-state index contributed by atoms with van der Waals surface area (Å²) in [6.45, 7) is 3.89. The minimum absolute atomic E-state index is 0. The second-order valence-corrected chi connectivity index (χ2v) is 7.76. The fourth-order valence-corrected chi connectivity index (χ4v) is 5.10. The van der Waals surface area contributed by atoms with Crippen molar-refractivity contribution in [2.24, 2.45) is 5.92 Å². The molecule has 7 heteroatoms. The number of fused-ring (bicyclic) bond motifs is 1. The fraction of sp³-hybridized carbons (Fsp3) is 0.533. The van der Waals surface area contributed by atoms with Gasteiger partial charge in [0.25, 0.3) is 0 Å². The molecular formula is C15H20ClN3O2S. The van der Waals surface area contributed by atoms with Crippen molar-refractivity contribution in [1.29, 1.82) is 5.26 Å². The molecule has 5 nitrogen and oxygen atoms in total. The molecule has 0 bridgehead atoms. The molecule has 0 saturated carbocycles. The fourth-order valence-electron chi connectivity index (χ4n) is 3.38. The number of aryl methyl sites for hydroxylation is 1. The molecule has 0 radical (unpaired) electrons. The molecule has 1 N–H and O–H groups in total. The zero-order chi connectivity index (χ0) is 15.0. The number of halogens is 1. The number of nitriles is 1. The molecule has 120 valence electrons. The highest BCUT2D eigenvalue weighted by Crippen LogP contribution is 2.29. The Hall–Kier alpha value is -1.13. The summed E-state index contributed by atoms with van der Waals surface area (Å²) in [4.78, 5) is 0.325. The second kappa shape index (κ2) is 6.55. The Kier molecular flexibility index (Phi) is 5.13. The van der Waals surface area contributed by atoms with Gasteiger partial charge in [0, 0.05) is 19.1 Å². The van der Waals surface area contributed by atoms with Crippen LogP contribution in [0.3, 0.4) is 0 Å². The average Bonchev–Trinajstić information content (AvgIpc) is 2.94. The molecule has 2 unspecified atom stereocenters. The lowest BCUT2D eigenvalue weighted by atomic mass is 9.95. The summed E-state index contributed by atoms with van der Waals surface area (Å²) in [7, 11) is -3.46. The molecule has 22 heavy (non-hydrogen) atoms. The number of rotatable bonds is 2. The third-order valence-corrected chi connectivity index (χ3v) is 6.57. The van der Waals surface area contributed by atoms with E-state index in [0.29, 0.717) is 41.1 Å². The molecule has 2 heterocycles. The minimum atomic E-state index is -3.46. The predicted octanol–water partition coefficient (Wildman–Crippen LogP) is 1.66. The molecule has 2 aliphatic rings. The molecule has 2 aliphatic heterocycles. The molecule has 0 aromatic heterocycles. The quantitative estimate of drug-likeness (QED) is 0.888. The third kappa shape index (κ3) is 2.99. The van der Waals surface area contributed by atoms with Gasteiger partial charge in [-0.2, -0.15) is 9.57 Å². The van der Waals surface area contributed by atoms with Gasteiger partial charge in [0.05, 0.1) is 16.5 Å². The van der Waals surface area contributed by atoms with E-state index in [4.69, 9.17) is 5.26 Å². The summed E-state index contributed by atoms with van der Waals surface area (Å²) >= 11 is 0. The van der Waals surface area contributed by atoms with Crippen LogP contribution in [0, 0.1) is 24.2 Å². The van der Waals surface area contributed by atoms with Crippen molar-refractivity contribution >= 4 is 22.4 Å². The number of sulfonamides is 1. The van der Waals surface area contributed by atoms with Crippen LogP contribution in [-0.4, -0.2) is 38.4 Å². The predicted molar refractivity (Wildman–Crippen MR) is 86.4 cm³/mol. The Morgan fingerprint density at radius 3 is 2.82 bits per heavy atom. The van der Waals surface area contributed by atoms with Gasteiger partial charge in [-0.1, -0.05) is 0 Å². The zero-order valence-electron chi connectivity index (χ0n) is 12.4. The van der Waals surface area contributed by atoms with E-state index in [2.05, 4.69) is 5.32 Å². The van der Waals surface area contributed by atoms with Crippen LogP contribution in [0.1, 0.15) is 24.0 Å². The molecule has 0 amide bonds. The van der Waals surface area contributed by atoms with Crippen molar-refractivity contribution in [2.75, 3.05) is 19.6 Å². The molecule has 2 fully saturated rings. The molecule has 3 rings (SSSR count). The van der Waals surface area contributed by atoms with Crippen molar-refractivity contribution in [2.45, 2.75) is 30.7 Å². The lowest BCUT2D eigenvalue weighted by Gasteiger charge is -2.34. The molecule has 0 spiro atoms. The van der Waals surface area contributed by atoms with Crippen LogP contribution in [0.5, 0.6) is 0 Å². The van der Waals surface area contributed by atoms with E-state index in [1.165, 1.54) is 0 Å². The van der Waals surface area contributed by atoms with Gasteiger partial charge in [0.15, 0.2) is 0 Å². The number of nitrogens with one attached hydrogen (secondary N) is 1. The van der Waals surface area contributed by atoms with Gasteiger partial charge in [0.2, 0.25) is 10.0 Å². The van der Waals surface area contributed by atoms with Crippen LogP contribution in [0.2, 0.25) is 0 Å². The number of hydrogen-bond donors (Lipinski definition) is 1. The standard InChI is InChI=1S/C15H19N3O2S.ClH/c1-11-8-12(9-16)2-3-15(11)21(19,20)18-7-5-14-13(10-18)4-6-17-14;/h2-3,8,13-14,17H,4-7,10H2,1H3;1H. The normalized spacial score (nSPS) is 25.1. The van der Waals surface area contributed by atoms with E-state index in [1.54, 1.807) is 29.4 Å². The number of benzene rings is 1. The lowest BCUT2D eigenvalue weighted by Crippen LogP contribution is -2.46. The van der Waals surface area contributed by atoms with Gasteiger partial charge in [-0.3, -0.25) is 0 Å². The van der Waals surface area contributed by atoms with Gasteiger partial charge in [-0.05, 0) is 56.0 Å². The highest BCUT2D eigenvalue weighted by atomic mass is 35.5. The molecular weight excluding hydrogens is 322 g/mol. The van der Waals surface area contributed by atoms with Crippen LogP contribution in [-0.2, 0) is 10.0 Å². The average molecular weight is 342 g/mol. The van der Waals surface area contributed by atoms with E-state index >= 15 is 0 Å². The van der Waals surface area contributed by atoms with Gasteiger partial charge in [-0.15, -0.1) is 12.4 Å². The summed E-state index contributed by atoms with van der Waals surface area (Å²) in [5, 5.41) is 12.3. The Bertz CT molecular complexity index is 699. The third-order valence-electron chi connectivity index (χ3n) is 4.54. The SMILES string of the molecule is Cc1cc(C#N)ccc1S(=O)(=O)N1CCC2NCCC2C1.Cl. The maximum Gasteiger partial charge on any atom is 0.243 e. The number of piperidine rings is 1. The minimum Gasteiger partial charge on any atom is -0.314 e. The summed E-state index contributed by atoms with van der Waals surface area (Å²) in [6, 6.07) is 7.28. The molecule has 1 aromatic carbocycles. The van der Waals surface area contributed by atoms with E-state index in [9.17, 15) is 8.42 Å². The largest absolute Gasteiger partial charge is 0.314 e. The molecule has 2 atom stereocenters. The summed E-state index contributed by atoms with van der Waals surface area (Å²) < 4.78 is 27.2. The van der Waals surface area contributed by atoms with Gasteiger partial charge >= 0.3 is 0 Å². The summed E-state index contributed by atoms with van der Waals surface area (Å²) in [6.07, 6.45) is 1.92. The summed E-state index contributed by atoms with van der Waals surface area (Å²) in [5.41, 5.74) is 1.13. The first kappa shape index (κ1) is 17.2. The van der Waals surface area contributed by atoms with E-state index in [0.717, 1.165) is 19.4 Å². The monoisotopic (exact) mass is 341 g/mol. The van der Waals surface area contributed by atoms with Crippen molar-refractivity contribution in [3.8, 4) is 6.07 Å². The smallest absolute Gasteiger partial charge is 0.243 e. The lowest BCUT2D eigenvalue weighted by molar-refractivity contribution is 0.247. The first-order chi connectivity index (χ1) is 10.0. The van der Waals surface area contributed by atoms with Crippen molar-refractivity contribution < 1.29 is 8.42 Å². The van der Waals surface area contributed by atoms with Crippen molar-refractivity contribution in [3.05, 3.63) is 29.3 Å². The summed E-state index contributed by atoms with van der Waals surface area (Å²) in [5.74, 6) is 0.423. The maximum absolute atomic E-state index is 12.8. The van der Waals surface area contributed by atoms with Crippen LogP contribution in [0.15, 0.2) is 23.1 Å². The van der Waals surface area contributed by atoms with Crippen molar-refractivity contribution in [1.82, 2.24) is 9.62 Å². The second-order valence-electron chi connectivity index (χ2n) is 5.85. The van der Waals surface area contributed by atoms with Crippen LogP contribution < -0.4 is 5.32 Å². The highest BCUT2D eigenvalue weighted by Gasteiger charge is 2.38. The number of hydrogen-bond acceptors (Lipinski definition) is 4. The van der Waals surface area contributed by atoms with E-state index < -0.39 is 10.0 Å². The van der Waals surface area contributed by atoms with Gasteiger partial charge in [-0.25, -0.2) is 8.42 Å².